The fourth-order valence-corrected chi connectivity index (χ4v) is 4.79. The molecule has 1 aromatic heterocycles. The number of piperidine rings is 1. The number of amides is 1. The molecule has 0 radical (unpaired) electrons. The lowest BCUT2D eigenvalue weighted by Crippen LogP contribution is -2.46. The zero-order valence-corrected chi connectivity index (χ0v) is 21.8. The molecule has 1 fully saturated rings. The number of hydrogen-bond acceptors (Lipinski definition) is 6. The third-order valence-electron chi connectivity index (χ3n) is 6.90. The third kappa shape index (κ3) is 7.31. The van der Waals surface area contributed by atoms with Crippen molar-refractivity contribution in [3.05, 3.63) is 102 Å². The number of aromatic nitrogens is 2. The van der Waals surface area contributed by atoms with E-state index in [2.05, 4.69) is 34.2 Å². The van der Waals surface area contributed by atoms with Gasteiger partial charge in [0.05, 0.1) is 51.5 Å². The lowest BCUT2D eigenvalue weighted by molar-refractivity contribution is -0.0217. The summed E-state index contributed by atoms with van der Waals surface area (Å²) in [5.74, 6) is 1.13. The van der Waals surface area contributed by atoms with Crippen molar-refractivity contribution in [2.45, 2.75) is 38.1 Å². The van der Waals surface area contributed by atoms with Crippen LogP contribution in [0, 0.1) is 0 Å². The van der Waals surface area contributed by atoms with Gasteiger partial charge >= 0.3 is 6.09 Å². The Kier molecular flexibility index (Phi) is 8.98. The lowest BCUT2D eigenvalue weighted by Gasteiger charge is -2.36. The van der Waals surface area contributed by atoms with Gasteiger partial charge in [0.2, 0.25) is 0 Å². The van der Waals surface area contributed by atoms with E-state index in [0.29, 0.717) is 51.0 Å². The number of rotatable bonds is 11. The molecule has 0 spiro atoms. The molecule has 2 atom stereocenters. The van der Waals surface area contributed by atoms with Crippen LogP contribution in [0.3, 0.4) is 0 Å². The maximum absolute atomic E-state index is 11.7. The van der Waals surface area contributed by atoms with Crippen molar-refractivity contribution in [3.63, 3.8) is 0 Å². The highest BCUT2D eigenvalue weighted by Crippen LogP contribution is 2.30. The number of likely N-dealkylation sites (tertiary alicyclic amines) is 1. The Balaban J connectivity index is 1.14. The molecule has 2 heterocycles. The van der Waals surface area contributed by atoms with Gasteiger partial charge in [-0.25, -0.2) is 14.8 Å². The SMILES string of the molecule is O=C(O)N1CCC(c2ncc(OCCCOCc3ccccc3)cn2)C(OCc2ccc3ccccc3c2)C1. The Labute approximate surface area is 228 Å². The van der Waals surface area contributed by atoms with E-state index in [1.807, 2.05) is 48.5 Å². The summed E-state index contributed by atoms with van der Waals surface area (Å²) in [6, 6.07) is 24.5. The highest BCUT2D eigenvalue weighted by atomic mass is 16.5. The van der Waals surface area contributed by atoms with Gasteiger partial charge in [-0.2, -0.15) is 0 Å². The molecule has 1 aliphatic rings. The summed E-state index contributed by atoms with van der Waals surface area (Å²) in [5, 5.41) is 11.9. The van der Waals surface area contributed by atoms with Gasteiger partial charge in [0, 0.05) is 18.9 Å². The van der Waals surface area contributed by atoms with Gasteiger partial charge in [-0.1, -0.05) is 66.7 Å². The van der Waals surface area contributed by atoms with Crippen molar-refractivity contribution in [1.29, 1.82) is 0 Å². The molecular formula is C31H33N3O5. The summed E-state index contributed by atoms with van der Waals surface area (Å²) in [7, 11) is 0. The van der Waals surface area contributed by atoms with Crippen LogP contribution in [-0.4, -0.2) is 58.5 Å². The zero-order valence-electron chi connectivity index (χ0n) is 21.8. The van der Waals surface area contributed by atoms with E-state index >= 15 is 0 Å². The molecule has 1 saturated heterocycles. The van der Waals surface area contributed by atoms with Crippen LogP contribution in [0.1, 0.15) is 35.7 Å². The van der Waals surface area contributed by atoms with Crippen molar-refractivity contribution in [2.75, 3.05) is 26.3 Å². The molecule has 1 amide bonds. The number of benzene rings is 3. The van der Waals surface area contributed by atoms with Gasteiger partial charge in [0.1, 0.15) is 5.82 Å². The second-order valence-electron chi connectivity index (χ2n) is 9.67. The highest BCUT2D eigenvalue weighted by Gasteiger charge is 2.35. The van der Waals surface area contributed by atoms with Crippen LogP contribution in [0.15, 0.2) is 85.2 Å². The van der Waals surface area contributed by atoms with E-state index in [0.717, 1.165) is 22.9 Å². The van der Waals surface area contributed by atoms with E-state index in [9.17, 15) is 9.90 Å². The average molecular weight is 528 g/mol. The third-order valence-corrected chi connectivity index (χ3v) is 6.90. The smallest absolute Gasteiger partial charge is 0.407 e. The molecule has 1 aliphatic heterocycles. The second kappa shape index (κ2) is 13.2. The van der Waals surface area contributed by atoms with E-state index < -0.39 is 6.09 Å². The predicted molar refractivity (Wildman–Crippen MR) is 148 cm³/mol. The largest absolute Gasteiger partial charge is 0.490 e. The minimum Gasteiger partial charge on any atom is -0.490 e. The Morgan fingerprint density at radius 2 is 1.67 bits per heavy atom. The zero-order chi connectivity index (χ0) is 26.9. The van der Waals surface area contributed by atoms with Gasteiger partial charge in [-0.05, 0) is 34.4 Å². The summed E-state index contributed by atoms with van der Waals surface area (Å²) < 4.78 is 17.8. The number of ether oxygens (including phenoxy) is 3. The molecule has 2 unspecified atom stereocenters. The van der Waals surface area contributed by atoms with Crippen LogP contribution < -0.4 is 4.74 Å². The van der Waals surface area contributed by atoms with Gasteiger partial charge in [-0.15, -0.1) is 0 Å². The van der Waals surface area contributed by atoms with Crippen LogP contribution >= 0.6 is 0 Å². The lowest BCUT2D eigenvalue weighted by atomic mass is 9.93. The summed E-state index contributed by atoms with van der Waals surface area (Å²) in [6.45, 7) is 2.77. The van der Waals surface area contributed by atoms with Crippen molar-refractivity contribution in [2.24, 2.45) is 0 Å². The molecule has 0 saturated carbocycles. The van der Waals surface area contributed by atoms with Gasteiger partial charge < -0.3 is 24.2 Å². The predicted octanol–water partition coefficient (Wildman–Crippen LogP) is 5.67. The molecule has 8 nitrogen and oxygen atoms in total. The number of fused-ring (bicyclic) bond motifs is 1. The summed E-state index contributed by atoms with van der Waals surface area (Å²) >= 11 is 0. The minimum atomic E-state index is -0.940. The molecule has 8 heteroatoms. The van der Waals surface area contributed by atoms with Crippen LogP contribution in [0.5, 0.6) is 5.75 Å². The standard InChI is InChI=1S/C31H33N3O5/c35-31(36)34-14-13-28(29(20-34)39-22-24-11-12-25-9-4-5-10-26(25)17-24)30-32-18-27(19-33-30)38-16-6-15-37-21-23-7-2-1-3-8-23/h1-5,7-12,17-19,28-29H,6,13-16,20-22H2,(H,35,36). The van der Waals surface area contributed by atoms with Crippen LogP contribution in [0.25, 0.3) is 10.8 Å². The Bertz CT molecular complexity index is 1350. The summed E-state index contributed by atoms with van der Waals surface area (Å²) in [5.41, 5.74) is 2.19. The topological polar surface area (TPSA) is 94.0 Å². The Hall–Kier alpha value is -4.01. The van der Waals surface area contributed by atoms with Gasteiger partial charge in [0.15, 0.2) is 5.75 Å². The highest BCUT2D eigenvalue weighted by molar-refractivity contribution is 5.82. The Morgan fingerprint density at radius 3 is 2.46 bits per heavy atom. The number of hydrogen-bond donors (Lipinski definition) is 1. The molecule has 3 aromatic carbocycles. The number of nitrogens with zero attached hydrogens (tertiary/aromatic N) is 3. The first kappa shape index (κ1) is 26.6. The first-order chi connectivity index (χ1) is 19.2. The van der Waals surface area contributed by atoms with Crippen LogP contribution in [0.4, 0.5) is 4.79 Å². The first-order valence-corrected chi connectivity index (χ1v) is 13.3. The van der Waals surface area contributed by atoms with Crippen LogP contribution in [-0.2, 0) is 22.7 Å². The summed E-state index contributed by atoms with van der Waals surface area (Å²) in [6.07, 6.45) is 3.41. The van der Waals surface area contributed by atoms with E-state index in [1.54, 1.807) is 12.4 Å². The average Bonchev–Trinajstić information content (AvgIpc) is 2.98. The minimum absolute atomic E-state index is 0.110. The van der Waals surface area contributed by atoms with Crippen molar-refractivity contribution in [3.8, 4) is 5.75 Å². The summed E-state index contributed by atoms with van der Waals surface area (Å²) in [4.78, 5) is 22.2. The van der Waals surface area contributed by atoms with Crippen LogP contribution in [0.2, 0.25) is 0 Å². The van der Waals surface area contributed by atoms with Crippen molar-refractivity contribution >= 4 is 16.9 Å². The normalized spacial score (nSPS) is 17.3. The van der Waals surface area contributed by atoms with E-state index in [1.165, 1.54) is 10.3 Å². The molecule has 1 N–H and O–H groups in total. The maximum atomic E-state index is 11.7. The van der Waals surface area contributed by atoms with Crippen molar-refractivity contribution in [1.82, 2.24) is 14.9 Å². The first-order valence-electron chi connectivity index (χ1n) is 13.3. The van der Waals surface area contributed by atoms with E-state index in [-0.39, 0.29) is 18.6 Å². The molecule has 0 bridgehead atoms. The molecular weight excluding hydrogens is 494 g/mol. The number of carboxylic acid groups (broad SMARTS) is 1. The van der Waals surface area contributed by atoms with E-state index in [4.69, 9.17) is 14.2 Å². The fraction of sp³-hybridized carbons (Fsp3) is 0.323. The molecule has 202 valence electrons. The second-order valence-corrected chi connectivity index (χ2v) is 9.67. The van der Waals surface area contributed by atoms with Gasteiger partial charge in [0.25, 0.3) is 0 Å². The molecule has 39 heavy (non-hydrogen) atoms. The number of carbonyl (C=O) groups is 1. The van der Waals surface area contributed by atoms with Gasteiger partial charge in [-0.3, -0.25) is 0 Å². The molecule has 5 rings (SSSR count). The molecule has 4 aromatic rings. The fourth-order valence-electron chi connectivity index (χ4n) is 4.79. The quantitative estimate of drug-likeness (QED) is 0.251. The Morgan fingerprint density at radius 1 is 0.897 bits per heavy atom. The monoisotopic (exact) mass is 527 g/mol. The molecule has 0 aliphatic carbocycles. The van der Waals surface area contributed by atoms with Crippen molar-refractivity contribution < 1.29 is 24.1 Å². The maximum Gasteiger partial charge on any atom is 0.407 e.